The summed E-state index contributed by atoms with van der Waals surface area (Å²) in [5, 5.41) is -0.112. The van der Waals surface area contributed by atoms with Crippen LogP contribution in [0, 0.1) is 12.7 Å². The van der Waals surface area contributed by atoms with Gasteiger partial charge in [0.1, 0.15) is 11.2 Å². The molecule has 1 aromatic heterocycles. The van der Waals surface area contributed by atoms with E-state index in [1.165, 1.54) is 12.1 Å². The number of fused-ring (bicyclic) bond motifs is 1. The van der Waals surface area contributed by atoms with Gasteiger partial charge in [0, 0.05) is 5.56 Å². The summed E-state index contributed by atoms with van der Waals surface area (Å²) < 4.78 is 18.7. The van der Waals surface area contributed by atoms with Gasteiger partial charge in [0.15, 0.2) is 0 Å². The highest BCUT2D eigenvalue weighted by Crippen LogP contribution is 2.20. The van der Waals surface area contributed by atoms with Gasteiger partial charge in [-0.15, -0.1) is 0 Å². The van der Waals surface area contributed by atoms with Gasteiger partial charge in [0.05, 0.1) is 5.52 Å². The largest absolute Gasteiger partial charge is 0.403 e. The molecule has 3 aromatic rings. The van der Waals surface area contributed by atoms with Gasteiger partial charge in [0.2, 0.25) is 5.89 Å². The third-order valence-electron chi connectivity index (χ3n) is 2.87. The van der Waals surface area contributed by atoms with Crippen LogP contribution in [0.2, 0.25) is 0 Å². The van der Waals surface area contributed by atoms with Gasteiger partial charge in [0.25, 0.3) is 0 Å². The fraction of sp³-hybridized carbons (Fsp3) is 0.0667. The lowest BCUT2D eigenvalue weighted by Crippen LogP contribution is -2.05. The highest BCUT2D eigenvalue weighted by Gasteiger charge is 2.11. The van der Waals surface area contributed by atoms with E-state index >= 15 is 0 Å². The summed E-state index contributed by atoms with van der Waals surface area (Å²) in [6.07, 6.45) is 0. The first-order valence-electron chi connectivity index (χ1n) is 5.81. The number of rotatable bonds is 1. The fourth-order valence-electron chi connectivity index (χ4n) is 1.98. The van der Waals surface area contributed by atoms with Crippen molar-refractivity contribution in [3.05, 3.63) is 64.3 Å². The highest BCUT2D eigenvalue weighted by atomic mass is 19.1. The van der Waals surface area contributed by atoms with Crippen LogP contribution in [-0.2, 0) is 0 Å². The van der Waals surface area contributed by atoms with Crippen molar-refractivity contribution in [2.75, 3.05) is 0 Å². The van der Waals surface area contributed by atoms with E-state index in [2.05, 4.69) is 4.98 Å². The van der Waals surface area contributed by atoms with Crippen LogP contribution in [0.5, 0.6) is 0 Å². The van der Waals surface area contributed by atoms with Crippen LogP contribution in [-0.4, -0.2) is 4.98 Å². The molecule has 3 nitrogen and oxygen atoms in total. The van der Waals surface area contributed by atoms with E-state index in [0.717, 1.165) is 5.56 Å². The zero-order chi connectivity index (χ0) is 13.4. The Bertz CT molecular complexity index is 824. The molecule has 2 aromatic carbocycles. The second-order valence-electron chi connectivity index (χ2n) is 4.31. The Hall–Kier alpha value is -2.49. The van der Waals surface area contributed by atoms with Crippen LogP contribution < -0.4 is 5.63 Å². The van der Waals surface area contributed by atoms with E-state index in [1.54, 1.807) is 12.1 Å². The second-order valence-corrected chi connectivity index (χ2v) is 4.31. The predicted molar refractivity (Wildman–Crippen MR) is 70.4 cm³/mol. The minimum Gasteiger partial charge on any atom is -0.403 e. The van der Waals surface area contributed by atoms with E-state index in [1.807, 2.05) is 25.1 Å². The van der Waals surface area contributed by atoms with Gasteiger partial charge in [-0.3, -0.25) is 0 Å². The van der Waals surface area contributed by atoms with Crippen LogP contribution in [0.4, 0.5) is 4.39 Å². The molecule has 0 aliphatic heterocycles. The molecular formula is C15H10FNO2. The second kappa shape index (κ2) is 4.31. The zero-order valence-corrected chi connectivity index (χ0v) is 10.2. The molecule has 0 aliphatic rings. The van der Waals surface area contributed by atoms with E-state index < -0.39 is 11.4 Å². The molecule has 0 spiro atoms. The number of halogens is 1. The van der Waals surface area contributed by atoms with Crippen molar-refractivity contribution in [2.45, 2.75) is 6.92 Å². The Morgan fingerprint density at radius 1 is 1.16 bits per heavy atom. The molecule has 0 aliphatic carbocycles. The monoisotopic (exact) mass is 255 g/mol. The Balaban J connectivity index is 2.30. The number of aryl methyl sites for hydroxylation is 1. The fourth-order valence-corrected chi connectivity index (χ4v) is 1.98. The summed E-state index contributed by atoms with van der Waals surface area (Å²) in [6, 6.07) is 11.8. The summed E-state index contributed by atoms with van der Waals surface area (Å²) in [6.45, 7) is 1.93. The molecule has 0 fully saturated rings. The van der Waals surface area contributed by atoms with E-state index in [0.29, 0.717) is 11.1 Å². The number of hydrogen-bond donors (Lipinski definition) is 0. The van der Waals surface area contributed by atoms with Gasteiger partial charge >= 0.3 is 5.63 Å². The van der Waals surface area contributed by atoms with Crippen LogP contribution in [0.1, 0.15) is 5.56 Å². The summed E-state index contributed by atoms with van der Waals surface area (Å²) >= 11 is 0. The molecule has 0 atom stereocenters. The van der Waals surface area contributed by atoms with Gasteiger partial charge in [-0.2, -0.15) is 0 Å². The predicted octanol–water partition coefficient (Wildman–Crippen LogP) is 3.30. The molecule has 94 valence electrons. The van der Waals surface area contributed by atoms with Crippen LogP contribution >= 0.6 is 0 Å². The topological polar surface area (TPSA) is 43.1 Å². The van der Waals surface area contributed by atoms with Crippen molar-refractivity contribution in [3.63, 3.8) is 0 Å². The summed E-state index contributed by atoms with van der Waals surface area (Å²) in [4.78, 5) is 16.0. The first-order valence-corrected chi connectivity index (χ1v) is 5.81. The average molecular weight is 255 g/mol. The van der Waals surface area contributed by atoms with Crippen LogP contribution in [0.25, 0.3) is 22.4 Å². The molecular weight excluding hydrogens is 245 g/mol. The molecule has 0 saturated heterocycles. The van der Waals surface area contributed by atoms with E-state index in [-0.39, 0.29) is 11.3 Å². The molecule has 0 N–H and O–H groups in total. The minimum absolute atomic E-state index is 0.112. The third kappa shape index (κ3) is 2.01. The summed E-state index contributed by atoms with van der Waals surface area (Å²) in [7, 11) is 0. The number of nitrogens with zero attached hydrogens (tertiary/aromatic N) is 1. The van der Waals surface area contributed by atoms with Crippen LogP contribution in [0.3, 0.4) is 0 Å². The molecule has 1 heterocycles. The van der Waals surface area contributed by atoms with E-state index in [4.69, 9.17) is 4.42 Å². The first kappa shape index (κ1) is 11.6. The molecule has 4 heteroatoms. The Labute approximate surface area is 108 Å². The Kier molecular flexibility index (Phi) is 2.63. The number of hydrogen-bond acceptors (Lipinski definition) is 3. The molecule has 0 radical (unpaired) electrons. The minimum atomic E-state index is -0.709. The molecule has 19 heavy (non-hydrogen) atoms. The van der Waals surface area contributed by atoms with Crippen molar-refractivity contribution < 1.29 is 8.81 Å². The Morgan fingerprint density at radius 3 is 2.74 bits per heavy atom. The highest BCUT2D eigenvalue weighted by molar-refractivity contribution is 5.79. The van der Waals surface area contributed by atoms with Gasteiger partial charge < -0.3 is 4.42 Å². The van der Waals surface area contributed by atoms with Gasteiger partial charge in [-0.25, -0.2) is 14.2 Å². The first-order chi connectivity index (χ1) is 9.15. The van der Waals surface area contributed by atoms with Crippen molar-refractivity contribution in [1.29, 1.82) is 0 Å². The maximum Gasteiger partial charge on any atom is 0.350 e. The standard InChI is InChI=1S/C15H10FNO2/c1-9-4-2-5-10(8-9)14-17-12-7-3-6-11(16)13(12)15(18)19-14/h2-8H,1H3. The smallest absolute Gasteiger partial charge is 0.350 e. The van der Waals surface area contributed by atoms with Gasteiger partial charge in [-0.1, -0.05) is 23.8 Å². The van der Waals surface area contributed by atoms with E-state index in [9.17, 15) is 9.18 Å². The van der Waals surface area contributed by atoms with Crippen molar-refractivity contribution in [1.82, 2.24) is 4.98 Å². The van der Waals surface area contributed by atoms with Crippen molar-refractivity contribution in [2.24, 2.45) is 0 Å². The van der Waals surface area contributed by atoms with Crippen LogP contribution in [0.15, 0.2) is 51.7 Å². The van der Waals surface area contributed by atoms with Gasteiger partial charge in [-0.05, 0) is 31.2 Å². The lowest BCUT2D eigenvalue weighted by Gasteiger charge is -2.02. The zero-order valence-electron chi connectivity index (χ0n) is 10.2. The summed E-state index contributed by atoms with van der Waals surface area (Å²) in [5.41, 5.74) is 1.32. The molecule has 0 bridgehead atoms. The molecule has 3 rings (SSSR count). The quantitative estimate of drug-likeness (QED) is 0.670. The van der Waals surface area contributed by atoms with Crippen molar-refractivity contribution in [3.8, 4) is 11.5 Å². The summed E-state index contributed by atoms with van der Waals surface area (Å²) in [5.74, 6) is -0.415. The maximum absolute atomic E-state index is 13.5. The number of aromatic nitrogens is 1. The normalized spacial score (nSPS) is 10.8. The number of benzene rings is 2. The molecule has 0 unspecified atom stereocenters. The van der Waals surface area contributed by atoms with Crippen molar-refractivity contribution >= 4 is 10.9 Å². The lowest BCUT2D eigenvalue weighted by molar-refractivity contribution is 0.513. The maximum atomic E-state index is 13.5. The lowest BCUT2D eigenvalue weighted by atomic mass is 10.1. The SMILES string of the molecule is Cc1cccc(-c2nc3cccc(F)c3c(=O)o2)c1. The Morgan fingerprint density at radius 2 is 1.95 bits per heavy atom. The molecule has 0 saturated carbocycles. The molecule has 0 amide bonds. The average Bonchev–Trinajstić information content (AvgIpc) is 2.38. The third-order valence-corrected chi connectivity index (χ3v) is 2.87.